The second-order valence-electron chi connectivity index (χ2n) is 2.15. The Balaban J connectivity index is 0. The van der Waals surface area contributed by atoms with Gasteiger partial charge in [-0.3, -0.25) is 4.39 Å². The van der Waals surface area contributed by atoms with E-state index in [1.54, 1.807) is 0 Å². The molecule has 1 unspecified atom stereocenters. The van der Waals surface area contributed by atoms with Crippen LogP contribution in [0.5, 0.6) is 0 Å². The Labute approximate surface area is 92.6 Å². The smallest absolute Gasteiger partial charge is 0.748 e. The van der Waals surface area contributed by atoms with Crippen molar-refractivity contribution in [1.29, 1.82) is 0 Å². The number of hydrogen-bond donors (Lipinski definition) is 0. The zero-order chi connectivity index (χ0) is 8.91. The molecule has 12 heavy (non-hydrogen) atoms. The van der Waals surface area contributed by atoms with Gasteiger partial charge in [-0.05, 0) is 12.8 Å². The molecule has 0 bridgehead atoms. The van der Waals surface area contributed by atoms with Gasteiger partial charge in [-0.2, -0.15) is 0 Å². The molecule has 0 saturated carbocycles. The fraction of sp³-hybridized carbons (Fsp3) is 1.00. The van der Waals surface area contributed by atoms with Crippen LogP contribution >= 0.6 is 0 Å². The third-order valence-corrected chi connectivity index (χ3v) is 1.81. The van der Waals surface area contributed by atoms with Gasteiger partial charge in [-0.1, -0.05) is 0 Å². The maximum atomic E-state index is 12.3. The van der Waals surface area contributed by atoms with Gasteiger partial charge in [0.05, 0.1) is 22.5 Å². The van der Waals surface area contributed by atoms with Gasteiger partial charge in [0.25, 0.3) is 0 Å². The number of rotatable bonds is 5. The number of alkyl halides is 2. The maximum Gasteiger partial charge on any atom is 1.00 e. The Hall–Kier alpha value is 0.770. The summed E-state index contributed by atoms with van der Waals surface area (Å²) in [7, 11) is -4.50. The Morgan fingerprint density at radius 3 is 2.25 bits per heavy atom. The van der Waals surface area contributed by atoms with E-state index in [1.807, 2.05) is 0 Å². The van der Waals surface area contributed by atoms with Crippen molar-refractivity contribution < 1.29 is 51.3 Å². The van der Waals surface area contributed by atoms with E-state index in [0.717, 1.165) is 0 Å². The monoisotopic (exact) mass is 210 g/mol. The Bertz CT molecular complexity index is 195. The van der Waals surface area contributed by atoms with Crippen LogP contribution in [0.1, 0.15) is 12.8 Å². The molecule has 0 fully saturated rings. The topological polar surface area (TPSA) is 57.2 Å². The van der Waals surface area contributed by atoms with Gasteiger partial charge < -0.3 is 4.55 Å². The minimum absolute atomic E-state index is 0. The van der Waals surface area contributed by atoms with Crippen LogP contribution in [0.2, 0.25) is 0 Å². The van der Waals surface area contributed by atoms with Gasteiger partial charge in [-0.15, -0.1) is 0 Å². The van der Waals surface area contributed by atoms with Crippen LogP contribution in [-0.4, -0.2) is 31.6 Å². The molecule has 0 aliphatic rings. The molecule has 0 saturated heterocycles. The molecule has 3 nitrogen and oxygen atoms in total. The molecule has 0 rings (SSSR count). The third kappa shape index (κ3) is 10.8. The summed E-state index contributed by atoms with van der Waals surface area (Å²) in [4.78, 5) is 0. The van der Waals surface area contributed by atoms with E-state index in [-0.39, 0.29) is 42.4 Å². The first kappa shape index (κ1) is 15.3. The summed E-state index contributed by atoms with van der Waals surface area (Å²) in [6.07, 6.45) is -1.98. The van der Waals surface area contributed by atoms with Crippen LogP contribution < -0.4 is 29.6 Å². The fourth-order valence-electron chi connectivity index (χ4n) is 0.603. The largest absolute Gasteiger partial charge is 1.00 e. The molecule has 0 heterocycles. The molecule has 0 N–H and O–H groups in total. The quantitative estimate of drug-likeness (QED) is 0.376. The maximum absolute atomic E-state index is 12.3. The Morgan fingerprint density at radius 2 is 1.92 bits per heavy atom. The molecule has 0 amide bonds. The number of hydrogen-bond acceptors (Lipinski definition) is 3. The minimum atomic E-state index is -4.50. The molecule has 0 aromatic rings. The minimum Gasteiger partial charge on any atom is -0.748 e. The van der Waals surface area contributed by atoms with Crippen molar-refractivity contribution in [3.8, 4) is 0 Å². The summed E-state index contributed by atoms with van der Waals surface area (Å²) < 4.78 is 53.5. The molecule has 0 aromatic carbocycles. The van der Waals surface area contributed by atoms with E-state index in [9.17, 15) is 21.8 Å². The molecular formula is C5H9F2NaO3S. The van der Waals surface area contributed by atoms with E-state index in [4.69, 9.17) is 0 Å². The average Bonchev–Trinajstić information content (AvgIpc) is 1.79. The summed E-state index contributed by atoms with van der Waals surface area (Å²) >= 11 is 0. The Kier molecular flexibility index (Phi) is 9.15. The van der Waals surface area contributed by atoms with Gasteiger partial charge in [0.15, 0.2) is 0 Å². The summed E-state index contributed by atoms with van der Waals surface area (Å²) in [6.45, 7) is -0.695. The van der Waals surface area contributed by atoms with Gasteiger partial charge in [-0.25, -0.2) is 12.8 Å². The van der Waals surface area contributed by atoms with Crippen LogP contribution in [-0.2, 0) is 10.1 Å². The normalized spacial score (nSPS) is 13.6. The van der Waals surface area contributed by atoms with Crippen molar-refractivity contribution in [2.24, 2.45) is 0 Å². The summed E-state index contributed by atoms with van der Waals surface area (Å²) in [6, 6.07) is 0. The molecule has 0 aliphatic heterocycles. The molecule has 0 aromatic heterocycles. The first-order valence-corrected chi connectivity index (χ1v) is 4.67. The van der Waals surface area contributed by atoms with Crippen molar-refractivity contribution >= 4 is 10.1 Å². The summed E-state index contributed by atoms with van der Waals surface area (Å²) in [5.41, 5.74) is 0. The predicted molar refractivity (Wildman–Crippen MR) is 34.7 cm³/mol. The molecular weight excluding hydrogens is 201 g/mol. The van der Waals surface area contributed by atoms with Crippen LogP contribution in [0.15, 0.2) is 0 Å². The van der Waals surface area contributed by atoms with Crippen molar-refractivity contribution in [1.82, 2.24) is 0 Å². The van der Waals surface area contributed by atoms with Crippen LogP contribution in [0.25, 0.3) is 0 Å². The predicted octanol–water partition coefficient (Wildman–Crippen LogP) is -2.38. The average molecular weight is 210 g/mol. The van der Waals surface area contributed by atoms with E-state index in [0.29, 0.717) is 0 Å². The second kappa shape index (κ2) is 7.20. The van der Waals surface area contributed by atoms with Crippen LogP contribution in [0.4, 0.5) is 8.78 Å². The van der Waals surface area contributed by atoms with Crippen molar-refractivity contribution in [3.63, 3.8) is 0 Å². The molecule has 0 radical (unpaired) electrons. The second-order valence-corrected chi connectivity index (χ2v) is 3.60. The SMILES string of the molecule is O=S(=O)([O-])CC(F)CCCF.[Na+]. The van der Waals surface area contributed by atoms with Gasteiger partial charge in [0, 0.05) is 0 Å². The fourth-order valence-corrected chi connectivity index (χ4v) is 1.21. The summed E-state index contributed by atoms with van der Waals surface area (Å²) in [5, 5.41) is 0. The Morgan fingerprint density at radius 1 is 1.42 bits per heavy atom. The third-order valence-electron chi connectivity index (χ3n) is 1.04. The molecule has 68 valence electrons. The number of halogens is 2. The van der Waals surface area contributed by atoms with Crippen LogP contribution in [0, 0.1) is 0 Å². The zero-order valence-electron chi connectivity index (χ0n) is 6.79. The standard InChI is InChI=1S/C5H10F2O3S.Na/c6-3-1-2-5(7)4-11(8,9)10;/h5H,1-4H2,(H,8,9,10);/q;+1/p-1. The van der Waals surface area contributed by atoms with E-state index in [2.05, 4.69) is 0 Å². The van der Waals surface area contributed by atoms with E-state index >= 15 is 0 Å². The molecule has 0 spiro atoms. The first-order chi connectivity index (χ1) is 4.95. The van der Waals surface area contributed by atoms with Gasteiger partial charge in [0.2, 0.25) is 0 Å². The zero-order valence-corrected chi connectivity index (χ0v) is 9.61. The molecule has 1 atom stereocenters. The van der Waals surface area contributed by atoms with Crippen molar-refractivity contribution in [2.45, 2.75) is 19.0 Å². The van der Waals surface area contributed by atoms with E-state index in [1.165, 1.54) is 0 Å². The molecule has 0 aliphatic carbocycles. The van der Waals surface area contributed by atoms with Crippen molar-refractivity contribution in [2.75, 3.05) is 12.4 Å². The van der Waals surface area contributed by atoms with E-state index < -0.39 is 28.7 Å². The molecule has 7 heteroatoms. The van der Waals surface area contributed by atoms with Gasteiger partial charge in [0.1, 0.15) is 6.17 Å². The van der Waals surface area contributed by atoms with Crippen molar-refractivity contribution in [3.05, 3.63) is 0 Å². The van der Waals surface area contributed by atoms with Gasteiger partial charge >= 0.3 is 29.6 Å². The first-order valence-electron chi connectivity index (χ1n) is 3.09. The van der Waals surface area contributed by atoms with Crippen LogP contribution in [0.3, 0.4) is 0 Å². The summed E-state index contributed by atoms with van der Waals surface area (Å²) in [5.74, 6) is -1.05.